The highest BCUT2D eigenvalue weighted by molar-refractivity contribution is 5.79. The van der Waals surface area contributed by atoms with Crippen LogP contribution in [-0.4, -0.2) is 27.0 Å². The predicted molar refractivity (Wildman–Crippen MR) is 90.7 cm³/mol. The van der Waals surface area contributed by atoms with Gasteiger partial charge in [-0.3, -0.25) is 4.79 Å². The minimum Gasteiger partial charge on any atom is -0.475 e. The second kappa shape index (κ2) is 7.03. The summed E-state index contributed by atoms with van der Waals surface area (Å²) in [5.41, 5.74) is 3.21. The summed E-state index contributed by atoms with van der Waals surface area (Å²) < 4.78 is 5.58. The summed E-state index contributed by atoms with van der Waals surface area (Å²) in [4.78, 5) is 24.4. The highest BCUT2D eigenvalue weighted by Crippen LogP contribution is 2.24. The monoisotopic (exact) mass is 328 g/mol. The number of fused-ring (bicyclic) bond motifs is 1. The Morgan fingerprint density at radius 3 is 3.12 bits per heavy atom. The van der Waals surface area contributed by atoms with Crippen LogP contribution in [0.15, 0.2) is 18.3 Å². The number of nitrogens with one attached hydrogen (secondary N) is 2. The van der Waals surface area contributed by atoms with Gasteiger partial charge in [-0.2, -0.15) is 0 Å². The Bertz CT molecular complexity index is 724. The van der Waals surface area contributed by atoms with E-state index in [1.807, 2.05) is 32.9 Å². The molecule has 1 amide bonds. The van der Waals surface area contributed by atoms with Gasteiger partial charge in [0.05, 0.1) is 11.8 Å². The standard InChI is InChI=1S/C18H24N4O2/c1-11(2)24-17-8-13(6-7-19-17)10-20-18(23)14-4-5-15-16(9-14)22-12(3)21-15/h6-8,11,14H,4-5,9-10H2,1-3H3,(H,20,23)(H,21,22). The molecule has 0 saturated carbocycles. The first-order chi connectivity index (χ1) is 11.5. The number of hydrogen-bond donors (Lipinski definition) is 2. The molecular weight excluding hydrogens is 304 g/mol. The van der Waals surface area contributed by atoms with Gasteiger partial charge in [0.2, 0.25) is 11.8 Å². The van der Waals surface area contributed by atoms with Crippen LogP contribution in [0.3, 0.4) is 0 Å². The van der Waals surface area contributed by atoms with Crippen molar-refractivity contribution in [3.8, 4) is 5.88 Å². The van der Waals surface area contributed by atoms with Gasteiger partial charge in [0.1, 0.15) is 5.82 Å². The summed E-state index contributed by atoms with van der Waals surface area (Å²) in [6.07, 6.45) is 4.23. The van der Waals surface area contributed by atoms with Crippen LogP contribution < -0.4 is 10.1 Å². The van der Waals surface area contributed by atoms with E-state index in [-0.39, 0.29) is 17.9 Å². The van der Waals surface area contributed by atoms with Gasteiger partial charge in [0, 0.05) is 36.8 Å². The Morgan fingerprint density at radius 1 is 1.50 bits per heavy atom. The van der Waals surface area contributed by atoms with Crippen molar-refractivity contribution in [2.45, 2.75) is 52.7 Å². The van der Waals surface area contributed by atoms with E-state index in [9.17, 15) is 4.79 Å². The van der Waals surface area contributed by atoms with Crippen molar-refractivity contribution in [2.24, 2.45) is 5.92 Å². The zero-order chi connectivity index (χ0) is 17.1. The van der Waals surface area contributed by atoms with Crippen molar-refractivity contribution in [2.75, 3.05) is 0 Å². The molecule has 6 nitrogen and oxygen atoms in total. The lowest BCUT2D eigenvalue weighted by Gasteiger charge is -2.20. The first kappa shape index (κ1) is 16.5. The molecule has 2 aromatic rings. The van der Waals surface area contributed by atoms with E-state index in [1.165, 1.54) is 0 Å². The Morgan fingerprint density at radius 2 is 2.33 bits per heavy atom. The molecule has 0 spiro atoms. The zero-order valence-corrected chi connectivity index (χ0v) is 14.4. The number of pyridine rings is 1. The SMILES string of the molecule is Cc1nc2c([nH]1)CC(C(=O)NCc1ccnc(OC(C)C)c1)CC2. The highest BCUT2D eigenvalue weighted by Gasteiger charge is 2.26. The number of nitrogens with zero attached hydrogens (tertiary/aromatic N) is 2. The molecule has 24 heavy (non-hydrogen) atoms. The number of hydrogen-bond acceptors (Lipinski definition) is 4. The third kappa shape index (κ3) is 3.93. The van der Waals surface area contributed by atoms with E-state index in [4.69, 9.17) is 4.74 Å². The maximum atomic E-state index is 12.5. The van der Waals surface area contributed by atoms with E-state index in [0.717, 1.165) is 42.0 Å². The maximum absolute atomic E-state index is 12.5. The van der Waals surface area contributed by atoms with E-state index < -0.39 is 0 Å². The number of aromatic nitrogens is 3. The van der Waals surface area contributed by atoms with Crippen molar-refractivity contribution in [3.63, 3.8) is 0 Å². The lowest BCUT2D eigenvalue weighted by atomic mass is 9.89. The fraction of sp³-hybridized carbons (Fsp3) is 0.500. The molecule has 2 heterocycles. The summed E-state index contributed by atoms with van der Waals surface area (Å²) >= 11 is 0. The number of imidazole rings is 1. The van der Waals surface area contributed by atoms with E-state index in [2.05, 4.69) is 20.3 Å². The van der Waals surface area contributed by atoms with Gasteiger partial charge in [-0.15, -0.1) is 0 Å². The number of carbonyl (C=O) groups is 1. The Kier molecular flexibility index (Phi) is 4.83. The number of aryl methyl sites for hydroxylation is 2. The molecule has 1 aliphatic rings. The zero-order valence-electron chi connectivity index (χ0n) is 14.4. The fourth-order valence-electron chi connectivity index (χ4n) is 3.05. The van der Waals surface area contributed by atoms with Gasteiger partial charge >= 0.3 is 0 Å². The average Bonchev–Trinajstić information content (AvgIpc) is 2.91. The second-order valence-electron chi connectivity index (χ2n) is 6.57. The normalized spacial score (nSPS) is 16.8. The predicted octanol–water partition coefficient (Wildman–Crippen LogP) is 2.32. The second-order valence-corrected chi connectivity index (χ2v) is 6.57. The third-order valence-corrected chi connectivity index (χ3v) is 4.16. The van der Waals surface area contributed by atoms with Gasteiger partial charge < -0.3 is 15.0 Å². The van der Waals surface area contributed by atoms with Crippen molar-refractivity contribution in [3.05, 3.63) is 41.1 Å². The number of ether oxygens (including phenoxy) is 1. The van der Waals surface area contributed by atoms with Crippen LogP contribution >= 0.6 is 0 Å². The van der Waals surface area contributed by atoms with Crippen molar-refractivity contribution in [1.29, 1.82) is 0 Å². The molecule has 0 radical (unpaired) electrons. The topological polar surface area (TPSA) is 79.9 Å². The van der Waals surface area contributed by atoms with Crippen molar-refractivity contribution in [1.82, 2.24) is 20.3 Å². The fourth-order valence-corrected chi connectivity index (χ4v) is 3.05. The average molecular weight is 328 g/mol. The van der Waals surface area contributed by atoms with Gasteiger partial charge in [-0.1, -0.05) is 0 Å². The summed E-state index contributed by atoms with van der Waals surface area (Å²) in [6, 6.07) is 3.77. The molecule has 0 fully saturated rings. The van der Waals surface area contributed by atoms with Crippen LogP contribution in [0.4, 0.5) is 0 Å². The molecule has 1 aliphatic carbocycles. The summed E-state index contributed by atoms with van der Waals surface area (Å²) in [6.45, 7) is 6.37. The Balaban J connectivity index is 1.56. The van der Waals surface area contributed by atoms with Crippen LogP contribution in [0.2, 0.25) is 0 Å². The summed E-state index contributed by atoms with van der Waals surface area (Å²) in [7, 11) is 0. The molecule has 2 aromatic heterocycles. The molecule has 3 rings (SSSR count). The van der Waals surface area contributed by atoms with Gasteiger partial charge in [0.25, 0.3) is 0 Å². The third-order valence-electron chi connectivity index (χ3n) is 4.16. The first-order valence-electron chi connectivity index (χ1n) is 8.45. The quantitative estimate of drug-likeness (QED) is 0.883. The van der Waals surface area contributed by atoms with E-state index in [0.29, 0.717) is 12.4 Å². The van der Waals surface area contributed by atoms with Crippen LogP contribution in [0.5, 0.6) is 5.88 Å². The molecule has 0 bridgehead atoms. The molecule has 0 saturated heterocycles. The lowest BCUT2D eigenvalue weighted by Crippen LogP contribution is -2.33. The van der Waals surface area contributed by atoms with Gasteiger partial charge in [-0.05, 0) is 45.2 Å². The minimum atomic E-state index is 0.00516. The molecule has 1 atom stereocenters. The number of rotatable bonds is 5. The minimum absolute atomic E-state index is 0.00516. The number of H-pyrrole nitrogens is 1. The van der Waals surface area contributed by atoms with Gasteiger partial charge in [0.15, 0.2) is 0 Å². The highest BCUT2D eigenvalue weighted by atomic mass is 16.5. The number of carbonyl (C=O) groups excluding carboxylic acids is 1. The molecule has 128 valence electrons. The molecule has 6 heteroatoms. The number of amides is 1. The maximum Gasteiger partial charge on any atom is 0.223 e. The van der Waals surface area contributed by atoms with Crippen LogP contribution in [-0.2, 0) is 24.2 Å². The molecule has 0 aliphatic heterocycles. The van der Waals surface area contributed by atoms with Crippen LogP contribution in [0.1, 0.15) is 43.0 Å². The largest absolute Gasteiger partial charge is 0.475 e. The summed E-state index contributed by atoms with van der Waals surface area (Å²) in [5.74, 6) is 1.61. The molecule has 2 N–H and O–H groups in total. The van der Waals surface area contributed by atoms with E-state index in [1.54, 1.807) is 6.20 Å². The Hall–Kier alpha value is -2.37. The van der Waals surface area contributed by atoms with E-state index >= 15 is 0 Å². The Labute approximate surface area is 142 Å². The lowest BCUT2D eigenvalue weighted by molar-refractivity contribution is -0.125. The number of aromatic amines is 1. The van der Waals surface area contributed by atoms with Crippen LogP contribution in [0.25, 0.3) is 0 Å². The van der Waals surface area contributed by atoms with Crippen molar-refractivity contribution < 1.29 is 9.53 Å². The van der Waals surface area contributed by atoms with Crippen molar-refractivity contribution >= 4 is 5.91 Å². The molecule has 0 aromatic carbocycles. The van der Waals surface area contributed by atoms with Crippen LogP contribution in [0, 0.1) is 12.8 Å². The first-order valence-corrected chi connectivity index (χ1v) is 8.45. The molecule has 1 unspecified atom stereocenters. The smallest absolute Gasteiger partial charge is 0.223 e. The van der Waals surface area contributed by atoms with Gasteiger partial charge in [-0.25, -0.2) is 9.97 Å². The molecular formula is C18H24N4O2. The summed E-state index contributed by atoms with van der Waals surface area (Å²) in [5, 5.41) is 3.03.